The molecule has 1 unspecified atom stereocenters. The first-order valence-corrected chi connectivity index (χ1v) is 8.78. The number of hydrogen-bond donors (Lipinski definition) is 3. The van der Waals surface area contributed by atoms with E-state index in [0.29, 0.717) is 20.6 Å². The van der Waals surface area contributed by atoms with Crippen molar-refractivity contribution < 1.29 is 14.5 Å². The molecule has 6 nitrogen and oxygen atoms in total. The summed E-state index contributed by atoms with van der Waals surface area (Å²) in [7, 11) is 1.73. The van der Waals surface area contributed by atoms with Crippen LogP contribution in [0.2, 0.25) is 10.0 Å². The van der Waals surface area contributed by atoms with Crippen molar-refractivity contribution in [1.82, 2.24) is 5.32 Å². The van der Waals surface area contributed by atoms with Crippen LogP contribution in [0.3, 0.4) is 0 Å². The van der Waals surface area contributed by atoms with Gasteiger partial charge in [-0.25, -0.2) is 0 Å². The molecule has 0 saturated heterocycles. The number of likely N-dealkylation sites (N-methyl/N-ethyl adjacent to an activating group) is 1. The lowest BCUT2D eigenvalue weighted by atomic mass is 9.98. The van der Waals surface area contributed by atoms with Gasteiger partial charge < -0.3 is 15.5 Å². The topological polar surface area (TPSA) is 86.4 Å². The minimum Gasteiger partial charge on any atom is -0.333 e. The van der Waals surface area contributed by atoms with E-state index in [-0.39, 0.29) is 30.8 Å². The summed E-state index contributed by atoms with van der Waals surface area (Å²) in [5, 5.41) is 15.4. The quantitative estimate of drug-likeness (QED) is 0.662. The molecule has 0 heterocycles. The fourth-order valence-electron chi connectivity index (χ4n) is 2.63. The van der Waals surface area contributed by atoms with Gasteiger partial charge in [0.2, 0.25) is 0 Å². The first-order valence-electron chi connectivity index (χ1n) is 8.02. The van der Waals surface area contributed by atoms with Crippen LogP contribution in [-0.2, 0) is 9.59 Å². The van der Waals surface area contributed by atoms with Crippen LogP contribution in [0.1, 0.15) is 19.8 Å². The first kappa shape index (κ1) is 19.5. The van der Waals surface area contributed by atoms with Gasteiger partial charge >= 0.3 is 0 Å². The van der Waals surface area contributed by atoms with Crippen molar-refractivity contribution in [2.24, 2.45) is 5.92 Å². The summed E-state index contributed by atoms with van der Waals surface area (Å²) in [6.07, 6.45) is 1.90. The second kappa shape index (κ2) is 8.05. The summed E-state index contributed by atoms with van der Waals surface area (Å²) in [6, 6.07) is 7.13. The van der Waals surface area contributed by atoms with Gasteiger partial charge in [-0.1, -0.05) is 29.3 Å². The van der Waals surface area contributed by atoms with E-state index in [9.17, 15) is 14.9 Å². The normalized spacial score (nSPS) is 17.1. The maximum atomic E-state index is 12.2. The van der Waals surface area contributed by atoms with E-state index < -0.39 is 5.54 Å². The summed E-state index contributed by atoms with van der Waals surface area (Å²) < 4.78 is 0. The molecular weight excluding hydrogens is 363 g/mol. The van der Waals surface area contributed by atoms with Crippen molar-refractivity contribution in [2.75, 3.05) is 25.5 Å². The molecule has 2 rings (SSSR count). The van der Waals surface area contributed by atoms with Crippen molar-refractivity contribution in [2.45, 2.75) is 25.3 Å². The minimum absolute atomic E-state index is 0.0711. The largest absolute Gasteiger partial charge is 0.333 e. The van der Waals surface area contributed by atoms with Gasteiger partial charge in [0, 0.05) is 0 Å². The summed E-state index contributed by atoms with van der Waals surface area (Å²) in [4.78, 5) is 25.0. The highest BCUT2D eigenvalue weighted by Gasteiger charge is 2.43. The van der Waals surface area contributed by atoms with E-state index in [1.807, 2.05) is 0 Å². The third-order valence-electron chi connectivity index (χ3n) is 4.18. The highest BCUT2D eigenvalue weighted by Crippen LogP contribution is 2.39. The zero-order valence-corrected chi connectivity index (χ0v) is 15.7. The number of carbonyl (C=O) groups excluding carboxylic acids is 2. The van der Waals surface area contributed by atoms with Gasteiger partial charge in [0.1, 0.15) is 5.54 Å². The van der Waals surface area contributed by atoms with Gasteiger partial charge in [-0.3, -0.25) is 9.59 Å². The summed E-state index contributed by atoms with van der Waals surface area (Å²) in [6.45, 7) is 1.90. The Morgan fingerprint density at radius 2 is 1.84 bits per heavy atom. The molecule has 8 heteroatoms. The Kier molecular flexibility index (Phi) is 6.28. The number of quaternary nitrogens is 1. The molecular formula is C17H21Cl2N4O2+. The number of rotatable bonds is 7. The monoisotopic (exact) mass is 383 g/mol. The van der Waals surface area contributed by atoms with Crippen LogP contribution in [0.4, 0.5) is 5.69 Å². The Balaban J connectivity index is 1.85. The second-order valence-electron chi connectivity index (χ2n) is 6.59. The van der Waals surface area contributed by atoms with Gasteiger partial charge in [0.15, 0.2) is 13.1 Å². The van der Waals surface area contributed by atoms with Crippen LogP contribution >= 0.6 is 23.2 Å². The van der Waals surface area contributed by atoms with E-state index in [0.717, 1.165) is 12.8 Å². The number of carbonyl (C=O) groups is 2. The number of nitriles is 1. The predicted octanol–water partition coefficient (Wildman–Crippen LogP) is 1.26. The average molecular weight is 384 g/mol. The first-order chi connectivity index (χ1) is 11.7. The molecule has 1 aromatic rings. The Labute approximate surface area is 157 Å². The van der Waals surface area contributed by atoms with Crippen molar-refractivity contribution in [3.63, 3.8) is 0 Å². The third kappa shape index (κ3) is 5.33. The maximum absolute atomic E-state index is 12.2. The van der Waals surface area contributed by atoms with E-state index >= 15 is 0 Å². The maximum Gasteiger partial charge on any atom is 0.279 e. The second-order valence-corrected chi connectivity index (χ2v) is 7.41. The van der Waals surface area contributed by atoms with E-state index in [4.69, 9.17) is 23.2 Å². The molecule has 1 aliphatic rings. The van der Waals surface area contributed by atoms with E-state index in [1.54, 1.807) is 32.2 Å². The Bertz CT molecular complexity index is 695. The van der Waals surface area contributed by atoms with Crippen LogP contribution in [0.5, 0.6) is 0 Å². The molecule has 3 N–H and O–H groups in total. The fourth-order valence-corrected chi connectivity index (χ4v) is 3.12. The lowest BCUT2D eigenvalue weighted by Crippen LogP contribution is -3.11. The van der Waals surface area contributed by atoms with Crippen LogP contribution in [0, 0.1) is 17.2 Å². The van der Waals surface area contributed by atoms with Crippen molar-refractivity contribution >= 4 is 40.7 Å². The predicted molar refractivity (Wildman–Crippen MR) is 96.6 cm³/mol. The number of nitrogens with zero attached hydrogens (tertiary/aromatic N) is 1. The van der Waals surface area contributed by atoms with E-state index in [2.05, 4.69) is 16.7 Å². The van der Waals surface area contributed by atoms with Gasteiger partial charge in [-0.15, -0.1) is 0 Å². The lowest BCUT2D eigenvalue weighted by Gasteiger charge is -2.23. The van der Waals surface area contributed by atoms with Gasteiger partial charge in [0.25, 0.3) is 11.8 Å². The van der Waals surface area contributed by atoms with Gasteiger partial charge in [-0.2, -0.15) is 5.26 Å². The Morgan fingerprint density at radius 1 is 1.28 bits per heavy atom. The summed E-state index contributed by atoms with van der Waals surface area (Å²) >= 11 is 12.0. The van der Waals surface area contributed by atoms with Crippen molar-refractivity contribution in [3.05, 3.63) is 28.2 Å². The molecule has 0 radical (unpaired) electrons. The van der Waals surface area contributed by atoms with Crippen LogP contribution in [0.15, 0.2) is 18.2 Å². The van der Waals surface area contributed by atoms with Crippen LogP contribution in [-0.4, -0.2) is 37.5 Å². The van der Waals surface area contributed by atoms with Crippen molar-refractivity contribution in [3.8, 4) is 6.07 Å². The molecule has 25 heavy (non-hydrogen) atoms. The fraction of sp³-hybridized carbons (Fsp3) is 0.471. The summed E-state index contributed by atoms with van der Waals surface area (Å²) in [5.41, 5.74) is -0.469. The molecule has 134 valence electrons. The van der Waals surface area contributed by atoms with Gasteiger partial charge in [0.05, 0.1) is 28.8 Å². The van der Waals surface area contributed by atoms with Crippen LogP contribution < -0.4 is 15.5 Å². The zero-order chi connectivity index (χ0) is 18.6. The number of para-hydroxylation sites is 1. The van der Waals surface area contributed by atoms with E-state index in [1.165, 1.54) is 0 Å². The number of anilines is 1. The number of nitrogens with one attached hydrogen (secondary N) is 3. The standard InChI is InChI=1S/C17H20Cl2N4O2/c1-17(10-20,11-6-7-11)22-15(25)9-23(2)8-14(24)21-16-12(18)4-3-5-13(16)19/h3-5,11H,6-9H2,1-2H3,(H,21,24)(H,22,25)/p+1/t17-/m1/s1. The zero-order valence-electron chi connectivity index (χ0n) is 14.2. The molecule has 1 aliphatic carbocycles. The molecule has 0 aromatic heterocycles. The Hall–Kier alpha value is -1.81. The Morgan fingerprint density at radius 3 is 2.36 bits per heavy atom. The van der Waals surface area contributed by atoms with Gasteiger partial charge in [-0.05, 0) is 37.8 Å². The summed E-state index contributed by atoms with van der Waals surface area (Å²) in [5.74, 6) is -0.338. The SMILES string of the molecule is C[NH+](CC(=O)Nc1c(Cl)cccc1Cl)CC(=O)N[C@](C)(C#N)C1CC1. The molecule has 0 bridgehead atoms. The highest BCUT2D eigenvalue weighted by atomic mass is 35.5. The molecule has 0 spiro atoms. The average Bonchev–Trinajstić information content (AvgIpc) is 3.35. The number of amides is 2. The molecule has 0 aliphatic heterocycles. The molecule has 1 fully saturated rings. The molecule has 2 amide bonds. The third-order valence-corrected chi connectivity index (χ3v) is 4.81. The molecule has 1 saturated carbocycles. The lowest BCUT2D eigenvalue weighted by molar-refractivity contribution is -0.862. The van der Waals surface area contributed by atoms with Crippen molar-refractivity contribution in [1.29, 1.82) is 5.26 Å². The highest BCUT2D eigenvalue weighted by molar-refractivity contribution is 6.39. The molecule has 1 aromatic carbocycles. The smallest absolute Gasteiger partial charge is 0.279 e. The number of hydrogen-bond acceptors (Lipinski definition) is 3. The molecule has 2 atom stereocenters. The minimum atomic E-state index is -0.829. The number of halogens is 2. The van der Waals surface area contributed by atoms with Crippen LogP contribution in [0.25, 0.3) is 0 Å². The number of benzene rings is 1.